The molecule has 1 N–H and O–H groups in total. The second-order valence-electron chi connectivity index (χ2n) is 2.80. The van der Waals surface area contributed by atoms with Crippen LogP contribution in [0.3, 0.4) is 0 Å². The van der Waals surface area contributed by atoms with Gasteiger partial charge in [0.1, 0.15) is 0 Å². The van der Waals surface area contributed by atoms with E-state index in [1.807, 2.05) is 6.20 Å². The molecule has 0 aliphatic carbocycles. The second-order valence-corrected chi connectivity index (χ2v) is 3.81. The number of aromatic nitrogens is 1. The van der Waals surface area contributed by atoms with Crippen molar-refractivity contribution in [1.29, 1.82) is 0 Å². The molecule has 1 aromatic carbocycles. The summed E-state index contributed by atoms with van der Waals surface area (Å²) >= 11 is 0. The molecule has 0 fully saturated rings. The maximum absolute atomic E-state index is 3.22. The Kier molecular flexibility index (Phi) is 1.97. The molecule has 0 spiro atoms. The smallest absolute Gasteiger partial charge is 0.0729 e. The number of nitrogens with one attached hydrogen (secondary N) is 1. The first-order valence-electron chi connectivity index (χ1n) is 3.93. The van der Waals surface area contributed by atoms with Crippen molar-refractivity contribution in [3.8, 4) is 11.0 Å². The third-order valence-corrected chi connectivity index (χ3v) is 2.77. The average molecular weight is 175 g/mol. The minimum Gasteiger partial charge on any atom is -0.357 e. The molecule has 2 heteroatoms. The van der Waals surface area contributed by atoms with E-state index in [1.54, 1.807) is 0 Å². The summed E-state index contributed by atoms with van der Waals surface area (Å²) in [6.07, 6.45) is 1.98. The third-order valence-electron chi connectivity index (χ3n) is 1.82. The van der Waals surface area contributed by atoms with Crippen molar-refractivity contribution in [2.75, 3.05) is 0 Å². The topological polar surface area (TPSA) is 15.8 Å². The second kappa shape index (κ2) is 3.12. The molecule has 60 valence electrons. The quantitative estimate of drug-likeness (QED) is 0.681. The standard InChI is InChI=1S/C10H10NP/c1-8-2-4-9(5-3-8)10-11-6-7-12-10/h2-7,11H,1H3. The fourth-order valence-electron chi connectivity index (χ4n) is 1.13. The van der Waals surface area contributed by atoms with Crippen LogP contribution in [0.15, 0.2) is 36.3 Å². The van der Waals surface area contributed by atoms with Gasteiger partial charge in [0.15, 0.2) is 0 Å². The van der Waals surface area contributed by atoms with Gasteiger partial charge in [-0.25, -0.2) is 0 Å². The maximum atomic E-state index is 3.22. The highest BCUT2D eigenvalue weighted by molar-refractivity contribution is 7.32. The molecule has 0 aliphatic heterocycles. The lowest BCUT2D eigenvalue weighted by atomic mass is 10.2. The fourth-order valence-corrected chi connectivity index (χ4v) is 1.88. The van der Waals surface area contributed by atoms with Crippen molar-refractivity contribution in [3.63, 3.8) is 0 Å². The van der Waals surface area contributed by atoms with Gasteiger partial charge in [0.2, 0.25) is 0 Å². The highest BCUT2D eigenvalue weighted by Gasteiger charge is 1.95. The SMILES string of the molecule is Cc1ccc(-c2[nH]ccp2)cc1. The normalized spacial score (nSPS) is 10.8. The maximum Gasteiger partial charge on any atom is 0.0729 e. The zero-order valence-corrected chi connectivity index (χ0v) is 7.81. The minimum atomic E-state index is 1.26. The van der Waals surface area contributed by atoms with Crippen LogP contribution in [0.2, 0.25) is 0 Å². The lowest BCUT2D eigenvalue weighted by Gasteiger charge is -1.96. The molecular weight excluding hydrogens is 165 g/mol. The summed E-state index contributed by atoms with van der Waals surface area (Å²) in [6, 6.07) is 8.57. The molecule has 2 rings (SSSR count). The number of hydrogen-bond acceptors (Lipinski definition) is 0. The monoisotopic (exact) mass is 175 g/mol. The Labute approximate surface area is 73.6 Å². The molecule has 2 aromatic rings. The van der Waals surface area contributed by atoms with E-state index in [0.29, 0.717) is 0 Å². The largest absolute Gasteiger partial charge is 0.357 e. The first-order valence-corrected chi connectivity index (χ1v) is 4.89. The number of H-pyrrole nitrogens is 1. The molecular formula is C10H10NP. The Morgan fingerprint density at radius 1 is 1.17 bits per heavy atom. The van der Waals surface area contributed by atoms with E-state index >= 15 is 0 Å². The number of aryl methyl sites for hydroxylation is 1. The molecule has 1 heterocycles. The Bertz CT molecular complexity index is 348. The van der Waals surface area contributed by atoms with E-state index in [-0.39, 0.29) is 0 Å². The van der Waals surface area contributed by atoms with Gasteiger partial charge in [0.05, 0.1) is 5.43 Å². The Morgan fingerprint density at radius 3 is 2.50 bits per heavy atom. The molecule has 0 unspecified atom stereocenters. The molecule has 0 saturated heterocycles. The molecule has 0 radical (unpaired) electrons. The van der Waals surface area contributed by atoms with Gasteiger partial charge in [-0.15, -0.1) is 0 Å². The summed E-state index contributed by atoms with van der Waals surface area (Å²) in [5, 5.41) is 0. The predicted octanol–water partition coefficient (Wildman–Crippen LogP) is 3.57. The van der Waals surface area contributed by atoms with Gasteiger partial charge < -0.3 is 4.98 Å². The van der Waals surface area contributed by atoms with E-state index in [4.69, 9.17) is 0 Å². The number of benzene rings is 1. The minimum absolute atomic E-state index is 1.26. The first-order chi connectivity index (χ1) is 5.86. The zero-order chi connectivity index (χ0) is 8.39. The summed E-state index contributed by atoms with van der Waals surface area (Å²) in [5.41, 5.74) is 3.87. The molecule has 0 amide bonds. The highest BCUT2D eigenvalue weighted by atomic mass is 31.0. The highest BCUT2D eigenvalue weighted by Crippen LogP contribution is 2.25. The first kappa shape index (κ1) is 7.57. The summed E-state index contributed by atoms with van der Waals surface area (Å²) < 4.78 is 0. The fraction of sp³-hybridized carbons (Fsp3) is 0.100. The molecule has 1 nitrogen and oxygen atoms in total. The van der Waals surface area contributed by atoms with Gasteiger partial charge in [-0.2, -0.15) is 0 Å². The van der Waals surface area contributed by atoms with Crippen LogP contribution in [0.4, 0.5) is 0 Å². The van der Waals surface area contributed by atoms with Gasteiger partial charge in [-0.3, -0.25) is 0 Å². The van der Waals surface area contributed by atoms with Gasteiger partial charge in [0.25, 0.3) is 0 Å². The lowest BCUT2D eigenvalue weighted by molar-refractivity contribution is 1.40. The molecule has 1 aromatic heterocycles. The summed E-state index contributed by atoms with van der Waals surface area (Å²) in [4.78, 5) is 3.22. The Morgan fingerprint density at radius 2 is 1.92 bits per heavy atom. The van der Waals surface area contributed by atoms with Gasteiger partial charge in [-0.1, -0.05) is 29.8 Å². The average Bonchev–Trinajstić information content (AvgIpc) is 2.58. The van der Waals surface area contributed by atoms with Crippen molar-refractivity contribution in [1.82, 2.24) is 4.98 Å². The molecule has 0 aliphatic rings. The van der Waals surface area contributed by atoms with Crippen molar-refractivity contribution in [3.05, 3.63) is 41.8 Å². The van der Waals surface area contributed by atoms with E-state index in [1.165, 1.54) is 24.7 Å². The third kappa shape index (κ3) is 1.41. The number of aromatic amines is 1. The van der Waals surface area contributed by atoms with Gasteiger partial charge >= 0.3 is 0 Å². The molecule has 12 heavy (non-hydrogen) atoms. The van der Waals surface area contributed by atoms with Crippen molar-refractivity contribution in [2.45, 2.75) is 6.92 Å². The van der Waals surface area contributed by atoms with Crippen molar-refractivity contribution < 1.29 is 0 Å². The van der Waals surface area contributed by atoms with Crippen LogP contribution >= 0.6 is 8.19 Å². The van der Waals surface area contributed by atoms with Crippen LogP contribution in [0.25, 0.3) is 11.0 Å². The summed E-state index contributed by atoms with van der Waals surface area (Å²) in [6.45, 7) is 2.10. The van der Waals surface area contributed by atoms with Crippen LogP contribution in [-0.4, -0.2) is 4.98 Å². The number of hydrogen-bond donors (Lipinski definition) is 1. The van der Waals surface area contributed by atoms with Crippen LogP contribution in [0.5, 0.6) is 0 Å². The Balaban J connectivity index is 2.43. The molecule has 0 saturated carbocycles. The van der Waals surface area contributed by atoms with Crippen molar-refractivity contribution in [2.24, 2.45) is 0 Å². The summed E-state index contributed by atoms with van der Waals surface area (Å²) in [7, 11) is 1.26. The van der Waals surface area contributed by atoms with Gasteiger partial charge in [-0.05, 0) is 20.9 Å². The van der Waals surface area contributed by atoms with Gasteiger partial charge in [0, 0.05) is 11.8 Å². The number of rotatable bonds is 1. The zero-order valence-electron chi connectivity index (χ0n) is 6.91. The van der Waals surface area contributed by atoms with Crippen molar-refractivity contribution >= 4 is 8.19 Å². The van der Waals surface area contributed by atoms with Crippen LogP contribution in [0, 0.1) is 6.92 Å². The molecule has 0 atom stereocenters. The predicted molar refractivity (Wildman–Crippen MR) is 53.5 cm³/mol. The lowest BCUT2D eigenvalue weighted by Crippen LogP contribution is -1.75. The Hall–Kier alpha value is -1.07. The van der Waals surface area contributed by atoms with E-state index in [9.17, 15) is 0 Å². The van der Waals surface area contributed by atoms with Crippen LogP contribution in [0.1, 0.15) is 5.56 Å². The van der Waals surface area contributed by atoms with E-state index in [2.05, 4.69) is 42.0 Å². The van der Waals surface area contributed by atoms with E-state index < -0.39 is 0 Å². The van der Waals surface area contributed by atoms with Crippen LogP contribution in [-0.2, 0) is 0 Å². The van der Waals surface area contributed by atoms with E-state index in [0.717, 1.165) is 0 Å². The molecule has 0 bridgehead atoms. The van der Waals surface area contributed by atoms with Crippen LogP contribution < -0.4 is 0 Å². The summed E-state index contributed by atoms with van der Waals surface area (Å²) in [5.74, 6) is 2.11.